The smallest absolute Gasteiger partial charge is 0.257 e. The van der Waals surface area contributed by atoms with Gasteiger partial charge in [-0.1, -0.05) is 0 Å². The van der Waals surface area contributed by atoms with Crippen molar-refractivity contribution in [2.75, 3.05) is 46.6 Å². The second-order valence-electron chi connectivity index (χ2n) is 5.96. The quantitative estimate of drug-likeness (QED) is 0.858. The molecule has 1 amide bonds. The molecule has 116 valence electrons. The highest BCUT2D eigenvalue weighted by atomic mass is 16.5. The molecular weight excluding hydrogens is 266 g/mol. The molecule has 0 aliphatic carbocycles. The molecule has 21 heavy (non-hydrogen) atoms. The van der Waals surface area contributed by atoms with Gasteiger partial charge in [0.25, 0.3) is 5.91 Å². The van der Waals surface area contributed by atoms with Crippen LogP contribution in [-0.2, 0) is 0 Å². The Balaban J connectivity index is 2.03. The Morgan fingerprint density at radius 1 is 1.38 bits per heavy atom. The fraction of sp³-hybridized carbons (Fsp3) is 0.562. The zero-order valence-corrected chi connectivity index (χ0v) is 13.1. The molecule has 1 heterocycles. The van der Waals surface area contributed by atoms with Crippen LogP contribution in [0.1, 0.15) is 23.2 Å². The van der Waals surface area contributed by atoms with E-state index in [1.54, 1.807) is 25.3 Å². The number of methoxy groups -OCH3 is 1. The average Bonchev–Trinajstić information content (AvgIpc) is 2.46. The van der Waals surface area contributed by atoms with Crippen molar-refractivity contribution in [1.82, 2.24) is 9.80 Å². The lowest BCUT2D eigenvalue weighted by molar-refractivity contribution is 0.0675. The van der Waals surface area contributed by atoms with E-state index in [2.05, 4.69) is 19.0 Å². The van der Waals surface area contributed by atoms with Crippen LogP contribution in [0.25, 0.3) is 0 Å². The highest BCUT2D eigenvalue weighted by Crippen LogP contribution is 2.25. The van der Waals surface area contributed by atoms with E-state index in [-0.39, 0.29) is 5.91 Å². The number of benzene rings is 1. The zero-order chi connectivity index (χ0) is 15.4. The van der Waals surface area contributed by atoms with Crippen LogP contribution in [0.5, 0.6) is 5.75 Å². The van der Waals surface area contributed by atoms with E-state index in [4.69, 9.17) is 10.5 Å². The van der Waals surface area contributed by atoms with Gasteiger partial charge in [-0.05, 0) is 51.1 Å². The van der Waals surface area contributed by atoms with Gasteiger partial charge in [-0.25, -0.2) is 0 Å². The molecule has 5 nitrogen and oxygen atoms in total. The second-order valence-corrected chi connectivity index (χ2v) is 5.96. The predicted octanol–water partition coefficient (Wildman–Crippen LogP) is 1.69. The summed E-state index contributed by atoms with van der Waals surface area (Å²) in [6.45, 7) is 2.69. The first-order valence-electron chi connectivity index (χ1n) is 7.38. The molecule has 0 saturated carbocycles. The Kier molecular flexibility index (Phi) is 5.07. The van der Waals surface area contributed by atoms with E-state index in [1.807, 2.05) is 4.90 Å². The second kappa shape index (κ2) is 6.80. The molecule has 0 bridgehead atoms. The number of hydrogen-bond acceptors (Lipinski definition) is 4. The minimum Gasteiger partial charge on any atom is -0.496 e. The van der Waals surface area contributed by atoms with Crippen molar-refractivity contribution in [2.45, 2.75) is 12.8 Å². The number of hydrogen-bond donors (Lipinski definition) is 1. The molecule has 1 fully saturated rings. The van der Waals surface area contributed by atoms with Crippen molar-refractivity contribution in [3.63, 3.8) is 0 Å². The number of carbonyl (C=O) groups excluding carboxylic acids is 1. The third kappa shape index (κ3) is 3.88. The van der Waals surface area contributed by atoms with E-state index in [0.29, 0.717) is 22.9 Å². The van der Waals surface area contributed by atoms with Crippen molar-refractivity contribution in [2.24, 2.45) is 5.92 Å². The number of nitrogens with two attached hydrogens (primary N) is 1. The van der Waals surface area contributed by atoms with Crippen LogP contribution in [0, 0.1) is 5.92 Å². The molecule has 0 radical (unpaired) electrons. The Labute approximate surface area is 126 Å². The molecule has 0 atom stereocenters. The standard InChI is InChI=1S/C16H25N3O2/c1-18(2)11-12-6-8-19(9-7-12)16(20)14-10-13(17)4-5-15(14)21-3/h4-5,10,12H,6-9,11,17H2,1-3H3. The third-order valence-corrected chi connectivity index (χ3v) is 3.98. The van der Waals surface area contributed by atoms with E-state index in [0.717, 1.165) is 32.5 Å². The van der Waals surface area contributed by atoms with Crippen LogP contribution in [-0.4, -0.2) is 56.5 Å². The summed E-state index contributed by atoms with van der Waals surface area (Å²) in [6, 6.07) is 5.20. The summed E-state index contributed by atoms with van der Waals surface area (Å²) >= 11 is 0. The molecule has 0 aromatic heterocycles. The topological polar surface area (TPSA) is 58.8 Å². The van der Waals surface area contributed by atoms with Crippen LogP contribution >= 0.6 is 0 Å². The summed E-state index contributed by atoms with van der Waals surface area (Å²) in [7, 11) is 5.76. The summed E-state index contributed by atoms with van der Waals surface area (Å²) in [5.41, 5.74) is 6.94. The van der Waals surface area contributed by atoms with Crippen molar-refractivity contribution in [1.29, 1.82) is 0 Å². The first kappa shape index (κ1) is 15.6. The fourth-order valence-electron chi connectivity index (χ4n) is 2.90. The molecule has 1 aliphatic heterocycles. The van der Waals surface area contributed by atoms with Crippen LogP contribution in [0.3, 0.4) is 0 Å². The lowest BCUT2D eigenvalue weighted by Gasteiger charge is -2.33. The van der Waals surface area contributed by atoms with Gasteiger partial charge < -0.3 is 20.3 Å². The molecule has 5 heteroatoms. The summed E-state index contributed by atoms with van der Waals surface area (Å²) < 4.78 is 5.28. The monoisotopic (exact) mass is 291 g/mol. The number of ether oxygens (including phenoxy) is 1. The Morgan fingerprint density at radius 2 is 2.05 bits per heavy atom. The zero-order valence-electron chi connectivity index (χ0n) is 13.1. The maximum absolute atomic E-state index is 12.6. The van der Waals surface area contributed by atoms with Gasteiger partial charge in [0.05, 0.1) is 12.7 Å². The van der Waals surface area contributed by atoms with Gasteiger partial charge in [-0.15, -0.1) is 0 Å². The normalized spacial score (nSPS) is 16.3. The first-order valence-corrected chi connectivity index (χ1v) is 7.38. The molecule has 1 aromatic rings. The van der Waals surface area contributed by atoms with E-state index < -0.39 is 0 Å². The van der Waals surface area contributed by atoms with Crippen molar-refractivity contribution < 1.29 is 9.53 Å². The number of nitrogen functional groups attached to an aromatic ring is 1. The summed E-state index contributed by atoms with van der Waals surface area (Å²) in [4.78, 5) is 16.8. The molecule has 1 aromatic carbocycles. The number of nitrogens with zero attached hydrogens (tertiary/aromatic N) is 2. The lowest BCUT2D eigenvalue weighted by Crippen LogP contribution is -2.40. The molecule has 2 N–H and O–H groups in total. The van der Waals surface area contributed by atoms with Gasteiger partial charge in [-0.2, -0.15) is 0 Å². The summed E-state index contributed by atoms with van der Waals surface area (Å²) in [6.07, 6.45) is 2.10. The van der Waals surface area contributed by atoms with Crippen LogP contribution in [0.4, 0.5) is 5.69 Å². The maximum atomic E-state index is 12.6. The van der Waals surface area contributed by atoms with Crippen LogP contribution < -0.4 is 10.5 Å². The summed E-state index contributed by atoms with van der Waals surface area (Å²) in [5, 5.41) is 0. The minimum atomic E-state index is 0.0162. The number of carbonyl (C=O) groups is 1. The average molecular weight is 291 g/mol. The van der Waals surface area contributed by atoms with Gasteiger partial charge in [-0.3, -0.25) is 4.79 Å². The minimum absolute atomic E-state index is 0.0162. The highest BCUT2D eigenvalue weighted by molar-refractivity contribution is 5.97. The maximum Gasteiger partial charge on any atom is 0.257 e. The largest absolute Gasteiger partial charge is 0.496 e. The Morgan fingerprint density at radius 3 is 2.62 bits per heavy atom. The van der Waals surface area contributed by atoms with Gasteiger partial charge in [0, 0.05) is 25.3 Å². The first-order chi connectivity index (χ1) is 10.0. The lowest BCUT2D eigenvalue weighted by atomic mass is 9.96. The van der Waals surface area contributed by atoms with Crippen molar-refractivity contribution in [3.8, 4) is 5.75 Å². The molecular formula is C16H25N3O2. The highest BCUT2D eigenvalue weighted by Gasteiger charge is 2.25. The number of rotatable bonds is 4. The SMILES string of the molecule is COc1ccc(N)cc1C(=O)N1CCC(CN(C)C)CC1. The number of likely N-dealkylation sites (tertiary alicyclic amines) is 1. The number of anilines is 1. The van der Waals surface area contributed by atoms with E-state index >= 15 is 0 Å². The van der Waals surface area contributed by atoms with Crippen LogP contribution in [0.2, 0.25) is 0 Å². The van der Waals surface area contributed by atoms with Gasteiger partial charge >= 0.3 is 0 Å². The van der Waals surface area contributed by atoms with Gasteiger partial charge in [0.15, 0.2) is 0 Å². The van der Waals surface area contributed by atoms with E-state index in [9.17, 15) is 4.79 Å². The molecule has 1 aliphatic rings. The molecule has 0 spiro atoms. The Bertz CT molecular complexity index is 494. The Hall–Kier alpha value is -1.75. The van der Waals surface area contributed by atoms with Gasteiger partial charge in [0.2, 0.25) is 0 Å². The molecule has 0 unspecified atom stereocenters. The fourth-order valence-corrected chi connectivity index (χ4v) is 2.90. The third-order valence-electron chi connectivity index (χ3n) is 3.98. The molecule has 1 saturated heterocycles. The molecule has 2 rings (SSSR count). The van der Waals surface area contributed by atoms with E-state index in [1.165, 1.54) is 0 Å². The van der Waals surface area contributed by atoms with Crippen molar-refractivity contribution in [3.05, 3.63) is 23.8 Å². The van der Waals surface area contributed by atoms with Crippen molar-refractivity contribution >= 4 is 11.6 Å². The predicted molar refractivity (Wildman–Crippen MR) is 84.6 cm³/mol. The summed E-state index contributed by atoms with van der Waals surface area (Å²) in [5.74, 6) is 1.28. The van der Waals surface area contributed by atoms with Gasteiger partial charge in [0.1, 0.15) is 5.75 Å². The number of piperidine rings is 1. The number of amides is 1. The van der Waals surface area contributed by atoms with Crippen LogP contribution in [0.15, 0.2) is 18.2 Å².